The highest BCUT2D eigenvalue weighted by molar-refractivity contribution is 6.04. The van der Waals surface area contributed by atoms with E-state index in [1.165, 1.54) is 7.11 Å². The summed E-state index contributed by atoms with van der Waals surface area (Å²) in [6.45, 7) is 1.98. The van der Waals surface area contributed by atoms with Crippen LogP contribution in [0.4, 0.5) is 5.69 Å². The Morgan fingerprint density at radius 2 is 1.83 bits per heavy atom. The van der Waals surface area contributed by atoms with Crippen LogP contribution in [0.3, 0.4) is 0 Å². The third-order valence-electron chi connectivity index (χ3n) is 3.91. The topological polar surface area (TPSA) is 58.6 Å². The van der Waals surface area contributed by atoms with Crippen LogP contribution < -0.4 is 5.32 Å². The fourth-order valence-electron chi connectivity index (χ4n) is 2.33. The molecule has 0 saturated carbocycles. The number of carbonyl (C=O) groups is 2. The van der Waals surface area contributed by atoms with Gasteiger partial charge in [0.15, 0.2) is 0 Å². The van der Waals surface area contributed by atoms with Crippen LogP contribution in [-0.2, 0) is 9.53 Å². The number of methoxy groups -OCH3 is 1. The number of carbonyl (C=O) groups excluding carboxylic acids is 2. The quantitative estimate of drug-likeness (QED) is 0.887. The Morgan fingerprint density at radius 3 is 2.50 bits per heavy atom. The van der Waals surface area contributed by atoms with Gasteiger partial charge in [-0.3, -0.25) is 9.59 Å². The fraction of sp³-hybridized carbons (Fsp3) is 0.263. The molecule has 2 rings (SSSR count). The first-order valence-corrected chi connectivity index (χ1v) is 7.74. The molecule has 0 aromatic heterocycles. The second-order valence-corrected chi connectivity index (χ2v) is 5.56. The average molecular weight is 326 g/mol. The van der Waals surface area contributed by atoms with Gasteiger partial charge < -0.3 is 15.0 Å². The number of amides is 2. The third kappa shape index (κ3) is 4.43. The highest BCUT2D eigenvalue weighted by Gasteiger charge is 2.17. The summed E-state index contributed by atoms with van der Waals surface area (Å²) in [5.74, 6) is -0.257. The van der Waals surface area contributed by atoms with Crippen LogP contribution in [0.2, 0.25) is 0 Å². The van der Waals surface area contributed by atoms with Crippen molar-refractivity contribution in [1.82, 2.24) is 4.90 Å². The number of nitrogens with zero attached hydrogens (tertiary/aromatic N) is 1. The lowest BCUT2D eigenvalue weighted by Crippen LogP contribution is -2.32. The van der Waals surface area contributed by atoms with E-state index in [4.69, 9.17) is 4.74 Å². The molecule has 1 unspecified atom stereocenters. The average Bonchev–Trinajstić information content (AvgIpc) is 2.61. The predicted octanol–water partition coefficient (Wildman–Crippen LogP) is 3.10. The Labute approximate surface area is 142 Å². The number of hydrogen-bond acceptors (Lipinski definition) is 3. The van der Waals surface area contributed by atoms with Crippen molar-refractivity contribution in [2.24, 2.45) is 0 Å². The number of hydrogen-bond donors (Lipinski definition) is 1. The van der Waals surface area contributed by atoms with Gasteiger partial charge in [0.05, 0.1) is 6.04 Å². The SMILES string of the molecule is COCC(=O)N(C)C(C)c1cccc(NC(=O)c2ccccc2)c1. The van der Waals surface area contributed by atoms with Gasteiger partial charge in [-0.15, -0.1) is 0 Å². The smallest absolute Gasteiger partial charge is 0.255 e. The standard InChI is InChI=1S/C19H22N2O3/c1-14(21(2)18(22)13-24-3)16-10-7-11-17(12-16)20-19(23)15-8-5-4-6-9-15/h4-12,14H,13H2,1-3H3,(H,20,23). The highest BCUT2D eigenvalue weighted by Crippen LogP contribution is 2.22. The minimum absolute atomic E-state index is 0.0469. The largest absolute Gasteiger partial charge is 0.375 e. The van der Waals surface area contributed by atoms with Crippen LogP contribution in [-0.4, -0.2) is 37.5 Å². The van der Waals surface area contributed by atoms with Crippen LogP contribution in [0, 0.1) is 0 Å². The molecule has 126 valence electrons. The van der Waals surface area contributed by atoms with Gasteiger partial charge >= 0.3 is 0 Å². The van der Waals surface area contributed by atoms with E-state index >= 15 is 0 Å². The molecule has 0 radical (unpaired) electrons. The second-order valence-electron chi connectivity index (χ2n) is 5.56. The minimum Gasteiger partial charge on any atom is -0.375 e. The normalized spacial score (nSPS) is 11.6. The van der Waals surface area contributed by atoms with Crippen molar-refractivity contribution in [2.75, 3.05) is 26.1 Å². The van der Waals surface area contributed by atoms with E-state index in [1.807, 2.05) is 49.4 Å². The summed E-state index contributed by atoms with van der Waals surface area (Å²) in [5, 5.41) is 2.88. The van der Waals surface area contributed by atoms with E-state index in [9.17, 15) is 9.59 Å². The lowest BCUT2D eigenvalue weighted by molar-refractivity contribution is -0.135. The van der Waals surface area contributed by atoms with Gasteiger partial charge in [0.1, 0.15) is 6.61 Å². The summed E-state index contributed by atoms with van der Waals surface area (Å²) in [4.78, 5) is 25.8. The van der Waals surface area contributed by atoms with Crippen LogP contribution in [0.25, 0.3) is 0 Å². The zero-order chi connectivity index (χ0) is 17.5. The predicted molar refractivity (Wildman–Crippen MR) is 93.9 cm³/mol. The van der Waals surface area contributed by atoms with E-state index < -0.39 is 0 Å². The lowest BCUT2D eigenvalue weighted by atomic mass is 10.1. The number of likely N-dealkylation sites (N-methyl/N-ethyl adjacent to an activating group) is 1. The van der Waals surface area contributed by atoms with Crippen molar-refractivity contribution in [2.45, 2.75) is 13.0 Å². The third-order valence-corrected chi connectivity index (χ3v) is 3.91. The molecule has 2 aromatic rings. The molecule has 0 fully saturated rings. The Morgan fingerprint density at radius 1 is 1.12 bits per heavy atom. The van der Waals surface area contributed by atoms with Crippen molar-refractivity contribution in [3.05, 3.63) is 65.7 Å². The lowest BCUT2D eigenvalue weighted by Gasteiger charge is -2.25. The zero-order valence-corrected chi connectivity index (χ0v) is 14.2. The molecule has 0 spiro atoms. The molecule has 0 bridgehead atoms. The van der Waals surface area contributed by atoms with Crippen molar-refractivity contribution in [3.63, 3.8) is 0 Å². The number of nitrogens with one attached hydrogen (secondary N) is 1. The highest BCUT2D eigenvalue weighted by atomic mass is 16.5. The maximum Gasteiger partial charge on any atom is 0.255 e. The van der Waals surface area contributed by atoms with Gasteiger partial charge in [-0.1, -0.05) is 30.3 Å². The molecule has 5 nitrogen and oxygen atoms in total. The molecular weight excluding hydrogens is 304 g/mol. The molecule has 24 heavy (non-hydrogen) atoms. The van der Waals surface area contributed by atoms with Crippen molar-refractivity contribution < 1.29 is 14.3 Å². The Balaban J connectivity index is 2.11. The maximum atomic E-state index is 12.2. The maximum absolute atomic E-state index is 12.2. The second kappa shape index (κ2) is 8.26. The molecule has 2 amide bonds. The van der Waals surface area contributed by atoms with Gasteiger partial charge in [0.2, 0.25) is 5.91 Å². The molecule has 5 heteroatoms. The van der Waals surface area contributed by atoms with Gasteiger partial charge in [0, 0.05) is 25.4 Å². The molecule has 2 aromatic carbocycles. The molecule has 0 aliphatic heterocycles. The number of ether oxygens (including phenoxy) is 1. The van der Waals surface area contributed by atoms with Crippen molar-refractivity contribution in [3.8, 4) is 0 Å². The molecule has 0 aliphatic carbocycles. The first kappa shape index (κ1) is 17.7. The number of benzene rings is 2. The number of rotatable bonds is 6. The summed E-state index contributed by atoms with van der Waals surface area (Å²) >= 11 is 0. The summed E-state index contributed by atoms with van der Waals surface area (Å²) < 4.78 is 4.89. The molecule has 0 aliphatic rings. The first-order valence-electron chi connectivity index (χ1n) is 7.74. The van der Waals surface area contributed by atoms with Crippen LogP contribution in [0.5, 0.6) is 0 Å². The first-order chi connectivity index (χ1) is 11.5. The van der Waals surface area contributed by atoms with Crippen molar-refractivity contribution >= 4 is 17.5 Å². The van der Waals surface area contributed by atoms with E-state index in [0.717, 1.165) is 5.56 Å². The monoisotopic (exact) mass is 326 g/mol. The molecule has 1 atom stereocenters. The fourth-order valence-corrected chi connectivity index (χ4v) is 2.33. The zero-order valence-electron chi connectivity index (χ0n) is 14.2. The minimum atomic E-state index is -0.163. The molecule has 0 heterocycles. The van der Waals surface area contributed by atoms with Crippen LogP contribution >= 0.6 is 0 Å². The van der Waals surface area contributed by atoms with E-state index in [2.05, 4.69) is 5.32 Å². The summed E-state index contributed by atoms with van der Waals surface area (Å²) in [6, 6.07) is 16.4. The number of anilines is 1. The summed E-state index contributed by atoms with van der Waals surface area (Å²) in [7, 11) is 3.23. The Kier molecular flexibility index (Phi) is 6.09. The van der Waals surface area contributed by atoms with Gasteiger partial charge in [-0.25, -0.2) is 0 Å². The summed E-state index contributed by atoms with van der Waals surface area (Å²) in [6.07, 6.45) is 0. The summed E-state index contributed by atoms with van der Waals surface area (Å²) in [5.41, 5.74) is 2.23. The molecular formula is C19H22N2O3. The van der Waals surface area contributed by atoms with E-state index in [0.29, 0.717) is 11.3 Å². The Hall–Kier alpha value is -2.66. The van der Waals surface area contributed by atoms with Crippen LogP contribution in [0.15, 0.2) is 54.6 Å². The van der Waals surface area contributed by atoms with Crippen LogP contribution in [0.1, 0.15) is 28.9 Å². The van der Waals surface area contributed by atoms with E-state index in [1.54, 1.807) is 24.1 Å². The Bertz CT molecular complexity index is 701. The van der Waals surface area contributed by atoms with Gasteiger partial charge in [0.25, 0.3) is 5.91 Å². The molecule has 0 saturated heterocycles. The molecule has 1 N–H and O–H groups in total. The van der Waals surface area contributed by atoms with E-state index in [-0.39, 0.29) is 24.5 Å². The van der Waals surface area contributed by atoms with Gasteiger partial charge in [-0.05, 0) is 36.8 Å². The van der Waals surface area contributed by atoms with Gasteiger partial charge in [-0.2, -0.15) is 0 Å². The van der Waals surface area contributed by atoms with Crippen molar-refractivity contribution in [1.29, 1.82) is 0 Å².